The second-order valence-corrected chi connectivity index (χ2v) is 7.98. The molecule has 3 unspecified atom stereocenters. The third-order valence-electron chi connectivity index (χ3n) is 5.66. The summed E-state index contributed by atoms with van der Waals surface area (Å²) in [5, 5.41) is 9.27. The molecule has 2 heterocycles. The molecule has 3 N–H and O–H groups in total. The molecule has 0 saturated carbocycles. The monoisotopic (exact) mass is 426 g/mol. The normalized spacial score (nSPS) is 23.1. The van der Waals surface area contributed by atoms with E-state index in [-0.39, 0.29) is 42.1 Å². The summed E-state index contributed by atoms with van der Waals surface area (Å²) < 4.78 is 13.0. The number of likely N-dealkylation sites (tertiary alicyclic amines) is 1. The van der Waals surface area contributed by atoms with E-state index in [1.165, 1.54) is 12.1 Å². The van der Waals surface area contributed by atoms with Crippen LogP contribution in [0.4, 0.5) is 4.39 Å². The molecule has 8 heteroatoms. The number of nitrogens with one attached hydrogen (secondary N) is 3. The van der Waals surface area contributed by atoms with Crippen molar-refractivity contribution in [3.8, 4) is 0 Å². The molecule has 0 aromatic heterocycles. The minimum absolute atomic E-state index is 0. The maximum atomic E-state index is 13.0. The summed E-state index contributed by atoms with van der Waals surface area (Å²) >= 11 is 0. The highest BCUT2D eigenvalue weighted by Gasteiger charge is 2.25. The summed E-state index contributed by atoms with van der Waals surface area (Å²) in [6.45, 7) is 5.54. The molecule has 6 nitrogen and oxygen atoms in total. The first-order valence-corrected chi connectivity index (χ1v) is 10.3. The number of benzene rings is 1. The van der Waals surface area contributed by atoms with Crippen LogP contribution in [0.5, 0.6) is 0 Å². The zero-order valence-electron chi connectivity index (χ0n) is 17.0. The van der Waals surface area contributed by atoms with Crippen LogP contribution in [0.1, 0.15) is 44.2 Å². The molecule has 1 aromatic carbocycles. The van der Waals surface area contributed by atoms with Crippen LogP contribution < -0.4 is 16.0 Å². The van der Waals surface area contributed by atoms with Crippen LogP contribution in [-0.2, 0) is 9.59 Å². The zero-order valence-corrected chi connectivity index (χ0v) is 17.8. The number of halogens is 2. The Labute approximate surface area is 178 Å². The highest BCUT2D eigenvalue weighted by Crippen LogP contribution is 2.17. The van der Waals surface area contributed by atoms with Crippen LogP contribution in [0.2, 0.25) is 0 Å². The molecule has 2 fully saturated rings. The summed E-state index contributed by atoms with van der Waals surface area (Å²) in [6.07, 6.45) is 4.07. The van der Waals surface area contributed by atoms with Crippen LogP contribution >= 0.6 is 12.4 Å². The lowest BCUT2D eigenvalue weighted by molar-refractivity contribution is -0.124. The van der Waals surface area contributed by atoms with Crippen LogP contribution in [0, 0.1) is 11.7 Å². The minimum atomic E-state index is -0.280. The fourth-order valence-electron chi connectivity index (χ4n) is 4.06. The van der Waals surface area contributed by atoms with Crippen molar-refractivity contribution in [2.24, 2.45) is 5.92 Å². The van der Waals surface area contributed by atoms with Crippen LogP contribution in [-0.4, -0.2) is 55.5 Å². The lowest BCUT2D eigenvalue weighted by Gasteiger charge is -2.32. The van der Waals surface area contributed by atoms with Gasteiger partial charge in [0.1, 0.15) is 5.82 Å². The maximum Gasteiger partial charge on any atom is 0.237 e. The number of piperidine rings is 1. The lowest BCUT2D eigenvalue weighted by atomic mass is 9.97. The molecule has 0 radical (unpaired) electrons. The van der Waals surface area contributed by atoms with Gasteiger partial charge in [-0.1, -0.05) is 12.1 Å². The Morgan fingerprint density at radius 1 is 1.24 bits per heavy atom. The molecule has 1 aromatic rings. The van der Waals surface area contributed by atoms with Gasteiger partial charge in [0, 0.05) is 13.1 Å². The molecule has 0 aliphatic carbocycles. The SMILES string of the molecule is CC(NC(=O)CN1CCCC(CNC(=O)C2CCCN2)C1)c1ccc(F)cc1.Cl. The molecule has 162 valence electrons. The molecule has 2 aliphatic rings. The van der Waals surface area contributed by atoms with Gasteiger partial charge in [0.2, 0.25) is 11.8 Å². The number of carbonyl (C=O) groups excluding carboxylic acids is 2. The lowest BCUT2D eigenvalue weighted by Crippen LogP contribution is -2.47. The maximum absolute atomic E-state index is 13.0. The quantitative estimate of drug-likeness (QED) is 0.623. The Morgan fingerprint density at radius 3 is 2.69 bits per heavy atom. The molecule has 3 atom stereocenters. The molecule has 2 saturated heterocycles. The van der Waals surface area contributed by atoms with Gasteiger partial charge >= 0.3 is 0 Å². The van der Waals surface area contributed by atoms with Crippen molar-refractivity contribution in [1.29, 1.82) is 0 Å². The first kappa shape index (κ1) is 23.6. The van der Waals surface area contributed by atoms with Gasteiger partial charge in [0.05, 0.1) is 18.6 Å². The van der Waals surface area contributed by atoms with Crippen molar-refractivity contribution in [3.63, 3.8) is 0 Å². The summed E-state index contributed by atoms with van der Waals surface area (Å²) in [5.41, 5.74) is 0.884. The fourth-order valence-corrected chi connectivity index (χ4v) is 4.06. The fraction of sp³-hybridized carbons (Fsp3) is 0.619. The molecule has 29 heavy (non-hydrogen) atoms. The van der Waals surface area contributed by atoms with Crippen LogP contribution in [0.15, 0.2) is 24.3 Å². The van der Waals surface area contributed by atoms with E-state index in [0.29, 0.717) is 19.0 Å². The number of hydrogen-bond donors (Lipinski definition) is 3. The second kappa shape index (κ2) is 11.5. The average molecular weight is 427 g/mol. The van der Waals surface area contributed by atoms with E-state index in [0.717, 1.165) is 50.9 Å². The van der Waals surface area contributed by atoms with Crippen LogP contribution in [0.25, 0.3) is 0 Å². The summed E-state index contributed by atoms with van der Waals surface area (Å²) in [4.78, 5) is 26.7. The predicted molar refractivity (Wildman–Crippen MR) is 113 cm³/mol. The Bertz CT molecular complexity index is 667. The van der Waals surface area contributed by atoms with Crippen molar-refractivity contribution in [3.05, 3.63) is 35.6 Å². The van der Waals surface area contributed by atoms with Gasteiger partial charge < -0.3 is 16.0 Å². The number of amides is 2. The smallest absolute Gasteiger partial charge is 0.237 e. The van der Waals surface area contributed by atoms with Gasteiger partial charge in [0.15, 0.2) is 0 Å². The van der Waals surface area contributed by atoms with Crippen molar-refractivity contribution in [1.82, 2.24) is 20.9 Å². The van der Waals surface area contributed by atoms with Crippen molar-refractivity contribution < 1.29 is 14.0 Å². The summed E-state index contributed by atoms with van der Waals surface area (Å²) in [6, 6.07) is 5.99. The topological polar surface area (TPSA) is 73.5 Å². The Kier molecular flexibility index (Phi) is 9.33. The van der Waals surface area contributed by atoms with E-state index in [2.05, 4.69) is 20.9 Å². The van der Waals surface area contributed by atoms with E-state index in [1.54, 1.807) is 12.1 Å². The Balaban J connectivity index is 0.00000300. The van der Waals surface area contributed by atoms with Gasteiger partial charge in [-0.2, -0.15) is 0 Å². The number of carbonyl (C=O) groups is 2. The minimum Gasteiger partial charge on any atom is -0.354 e. The van der Waals surface area contributed by atoms with E-state index in [9.17, 15) is 14.0 Å². The first-order valence-electron chi connectivity index (χ1n) is 10.3. The van der Waals surface area contributed by atoms with Gasteiger partial charge in [-0.15, -0.1) is 12.4 Å². The third-order valence-corrected chi connectivity index (χ3v) is 5.66. The number of rotatable bonds is 7. The summed E-state index contributed by atoms with van der Waals surface area (Å²) in [5.74, 6) is 0.163. The molecule has 0 spiro atoms. The first-order chi connectivity index (χ1) is 13.5. The van der Waals surface area contributed by atoms with Crippen molar-refractivity contribution >= 4 is 24.2 Å². The molecular formula is C21H32ClFN4O2. The number of hydrogen-bond acceptors (Lipinski definition) is 4. The highest BCUT2D eigenvalue weighted by atomic mass is 35.5. The van der Waals surface area contributed by atoms with E-state index < -0.39 is 0 Å². The van der Waals surface area contributed by atoms with Crippen molar-refractivity contribution in [2.75, 3.05) is 32.7 Å². The molecular weight excluding hydrogens is 395 g/mol. The average Bonchev–Trinajstić information content (AvgIpc) is 3.21. The third kappa shape index (κ3) is 7.24. The van der Waals surface area contributed by atoms with Crippen LogP contribution in [0.3, 0.4) is 0 Å². The molecule has 3 rings (SSSR count). The van der Waals surface area contributed by atoms with Gasteiger partial charge in [-0.3, -0.25) is 14.5 Å². The second-order valence-electron chi connectivity index (χ2n) is 7.98. The molecule has 2 amide bonds. The summed E-state index contributed by atoms with van der Waals surface area (Å²) in [7, 11) is 0. The molecule has 0 bridgehead atoms. The van der Waals surface area contributed by atoms with E-state index in [4.69, 9.17) is 0 Å². The van der Waals surface area contributed by atoms with E-state index >= 15 is 0 Å². The zero-order chi connectivity index (χ0) is 19.9. The van der Waals surface area contributed by atoms with Gasteiger partial charge in [-0.25, -0.2) is 4.39 Å². The molecule has 2 aliphatic heterocycles. The Morgan fingerprint density at radius 2 is 2.00 bits per heavy atom. The largest absolute Gasteiger partial charge is 0.354 e. The highest BCUT2D eigenvalue weighted by molar-refractivity contribution is 5.85. The van der Waals surface area contributed by atoms with Gasteiger partial charge in [0.25, 0.3) is 0 Å². The van der Waals surface area contributed by atoms with E-state index in [1.807, 2.05) is 6.92 Å². The van der Waals surface area contributed by atoms with Crippen molar-refractivity contribution in [2.45, 2.75) is 44.7 Å². The standard InChI is InChI=1S/C21H31FN4O2.ClH/c1-15(17-6-8-18(22)9-7-17)25-20(27)14-26-11-3-4-16(13-26)12-24-21(28)19-5-2-10-23-19;/h6-9,15-16,19,23H,2-5,10-14H2,1H3,(H,24,28)(H,25,27);1H. The number of nitrogens with zero attached hydrogens (tertiary/aromatic N) is 1. The predicted octanol–water partition coefficient (Wildman–Crippen LogP) is 2.00. The van der Waals surface area contributed by atoms with Gasteiger partial charge in [-0.05, 0) is 69.3 Å². The Hall–Kier alpha value is -1.70.